The number of rotatable bonds is 2. The van der Waals surface area contributed by atoms with Crippen molar-refractivity contribution in [2.45, 2.75) is 25.3 Å². The molecular weight excluding hydrogens is 386 g/mol. The number of amides is 1. The summed E-state index contributed by atoms with van der Waals surface area (Å²) in [6.45, 7) is 2.03. The molecule has 1 saturated carbocycles. The number of nitrogens with zero attached hydrogens (tertiary/aromatic N) is 5. The van der Waals surface area contributed by atoms with E-state index in [1.165, 1.54) is 5.56 Å². The number of hydrogen-bond acceptors (Lipinski definition) is 3. The van der Waals surface area contributed by atoms with Gasteiger partial charge in [-0.2, -0.15) is 5.10 Å². The Balaban J connectivity index is 1.62. The monoisotopic (exact) mass is 409 g/mol. The van der Waals surface area contributed by atoms with Gasteiger partial charge >= 0.3 is 0 Å². The minimum Gasteiger partial charge on any atom is -0.331 e. The van der Waals surface area contributed by atoms with Crippen molar-refractivity contribution in [1.82, 2.24) is 24.2 Å². The first-order valence-electron chi connectivity index (χ1n) is 10.6. The van der Waals surface area contributed by atoms with Crippen molar-refractivity contribution in [1.29, 1.82) is 0 Å². The highest BCUT2D eigenvalue weighted by atomic mass is 16.2. The molecular formula is C25H23N5O. The van der Waals surface area contributed by atoms with Crippen molar-refractivity contribution in [2.24, 2.45) is 7.05 Å². The maximum atomic E-state index is 13.5. The molecule has 0 saturated heterocycles. The fraction of sp³-hybridized carbons (Fsp3) is 0.240. The summed E-state index contributed by atoms with van der Waals surface area (Å²) in [5.41, 5.74) is 7.94. The van der Waals surface area contributed by atoms with Crippen molar-refractivity contribution in [2.75, 3.05) is 7.05 Å². The van der Waals surface area contributed by atoms with Crippen LogP contribution in [0, 0.1) is 6.92 Å². The van der Waals surface area contributed by atoms with Gasteiger partial charge in [0, 0.05) is 55.1 Å². The van der Waals surface area contributed by atoms with Gasteiger partial charge in [-0.05, 0) is 49.6 Å². The van der Waals surface area contributed by atoms with Crippen molar-refractivity contribution in [3.8, 4) is 28.1 Å². The van der Waals surface area contributed by atoms with E-state index in [0.29, 0.717) is 5.69 Å². The van der Waals surface area contributed by atoms with Crippen LogP contribution in [0.15, 0.2) is 61.1 Å². The fourth-order valence-corrected chi connectivity index (χ4v) is 4.98. The van der Waals surface area contributed by atoms with Crippen LogP contribution in [0.3, 0.4) is 0 Å². The molecule has 1 aliphatic heterocycles. The predicted octanol–water partition coefficient (Wildman–Crippen LogP) is 4.32. The van der Waals surface area contributed by atoms with Crippen molar-refractivity contribution < 1.29 is 4.79 Å². The zero-order valence-electron chi connectivity index (χ0n) is 17.8. The second kappa shape index (κ2) is 6.17. The molecule has 1 aliphatic carbocycles. The zero-order valence-corrected chi connectivity index (χ0v) is 17.8. The average molecular weight is 409 g/mol. The molecule has 0 radical (unpaired) electrons. The Morgan fingerprint density at radius 2 is 1.81 bits per heavy atom. The predicted molar refractivity (Wildman–Crippen MR) is 119 cm³/mol. The zero-order chi connectivity index (χ0) is 21.3. The molecule has 1 spiro atoms. The van der Waals surface area contributed by atoms with Gasteiger partial charge < -0.3 is 9.47 Å². The molecule has 0 N–H and O–H groups in total. The second-order valence-corrected chi connectivity index (χ2v) is 8.59. The number of fused-ring (bicyclic) bond motifs is 4. The lowest BCUT2D eigenvalue weighted by Crippen LogP contribution is -2.36. The molecule has 0 bridgehead atoms. The average Bonchev–Trinajstić information content (AvgIpc) is 3.29. The van der Waals surface area contributed by atoms with Crippen LogP contribution in [0.5, 0.6) is 0 Å². The summed E-state index contributed by atoms with van der Waals surface area (Å²) in [6, 6.07) is 14.6. The molecule has 6 heteroatoms. The van der Waals surface area contributed by atoms with Gasteiger partial charge in [-0.1, -0.05) is 18.2 Å². The molecule has 0 unspecified atom stereocenters. The van der Waals surface area contributed by atoms with Gasteiger partial charge in [-0.25, -0.2) is 0 Å². The lowest BCUT2D eigenvalue weighted by atomic mass is 9.96. The summed E-state index contributed by atoms with van der Waals surface area (Å²) in [4.78, 5) is 19.9. The molecule has 4 heterocycles. The van der Waals surface area contributed by atoms with Crippen molar-refractivity contribution >= 4 is 5.91 Å². The van der Waals surface area contributed by atoms with Crippen molar-refractivity contribution in [3.63, 3.8) is 0 Å². The molecule has 6 rings (SSSR count). The first kappa shape index (κ1) is 18.1. The van der Waals surface area contributed by atoms with Gasteiger partial charge in [0.05, 0.1) is 16.9 Å². The molecule has 2 aliphatic rings. The van der Waals surface area contributed by atoms with Gasteiger partial charge in [0.25, 0.3) is 5.91 Å². The Morgan fingerprint density at radius 3 is 2.52 bits per heavy atom. The normalized spacial score (nSPS) is 16.2. The molecule has 154 valence electrons. The number of pyridine rings is 1. The summed E-state index contributed by atoms with van der Waals surface area (Å²) >= 11 is 0. The summed E-state index contributed by atoms with van der Waals surface area (Å²) in [7, 11) is 3.85. The van der Waals surface area contributed by atoms with Gasteiger partial charge in [-0.3, -0.25) is 14.5 Å². The quantitative estimate of drug-likeness (QED) is 0.495. The number of benzene rings is 1. The topological polar surface area (TPSA) is 56.0 Å². The maximum absolute atomic E-state index is 13.5. The van der Waals surface area contributed by atoms with Crippen LogP contribution in [-0.4, -0.2) is 37.2 Å². The third kappa shape index (κ3) is 2.48. The van der Waals surface area contributed by atoms with Crippen LogP contribution in [0.25, 0.3) is 28.1 Å². The Bertz CT molecular complexity index is 1360. The van der Waals surface area contributed by atoms with Gasteiger partial charge in [0.1, 0.15) is 5.69 Å². The highest BCUT2D eigenvalue weighted by molar-refractivity contribution is 5.97. The van der Waals surface area contributed by atoms with E-state index in [4.69, 9.17) is 0 Å². The largest absolute Gasteiger partial charge is 0.331 e. The van der Waals surface area contributed by atoms with Crippen LogP contribution in [-0.2, 0) is 12.6 Å². The molecule has 6 nitrogen and oxygen atoms in total. The minimum absolute atomic E-state index is 0.0567. The molecule has 31 heavy (non-hydrogen) atoms. The summed E-state index contributed by atoms with van der Waals surface area (Å²) in [5, 5.41) is 4.30. The van der Waals surface area contributed by atoms with Crippen LogP contribution < -0.4 is 0 Å². The molecule has 1 amide bonds. The van der Waals surface area contributed by atoms with Crippen LogP contribution in [0.2, 0.25) is 0 Å². The SMILES string of the molecule is Cc1ncccc1-c1ccc2c(c1)-n1cc(-c3ccnn3C)cc1C(=O)N(C)C21CC1. The van der Waals surface area contributed by atoms with E-state index in [0.717, 1.165) is 46.6 Å². The Hall–Kier alpha value is -3.67. The van der Waals surface area contributed by atoms with E-state index < -0.39 is 0 Å². The van der Waals surface area contributed by atoms with Crippen LogP contribution in [0.1, 0.15) is 34.6 Å². The Labute approximate surface area is 180 Å². The van der Waals surface area contributed by atoms with Gasteiger partial charge in [-0.15, -0.1) is 0 Å². The lowest BCUT2D eigenvalue weighted by molar-refractivity contribution is 0.0705. The van der Waals surface area contributed by atoms with E-state index in [2.05, 4.69) is 45.1 Å². The summed E-state index contributed by atoms with van der Waals surface area (Å²) < 4.78 is 3.90. The number of carbonyl (C=O) groups excluding carboxylic acids is 1. The third-order valence-electron chi connectivity index (χ3n) is 6.90. The number of aryl methyl sites for hydroxylation is 2. The Kier molecular flexibility index (Phi) is 3.61. The summed E-state index contributed by atoms with van der Waals surface area (Å²) in [6.07, 6.45) is 7.65. The van der Waals surface area contributed by atoms with Gasteiger partial charge in [0.2, 0.25) is 0 Å². The third-order valence-corrected chi connectivity index (χ3v) is 6.90. The maximum Gasteiger partial charge on any atom is 0.271 e. The Morgan fingerprint density at radius 1 is 0.968 bits per heavy atom. The highest BCUT2D eigenvalue weighted by Gasteiger charge is 2.53. The first-order chi connectivity index (χ1) is 15.0. The fourth-order valence-electron chi connectivity index (χ4n) is 4.98. The number of aromatic nitrogens is 4. The number of hydrogen-bond donors (Lipinski definition) is 0. The van der Waals surface area contributed by atoms with E-state index in [1.807, 2.05) is 55.0 Å². The summed E-state index contributed by atoms with van der Waals surface area (Å²) in [5.74, 6) is 0.0567. The first-order valence-corrected chi connectivity index (χ1v) is 10.6. The molecule has 1 aromatic carbocycles. The van der Waals surface area contributed by atoms with Gasteiger partial charge in [0.15, 0.2) is 0 Å². The van der Waals surface area contributed by atoms with E-state index in [-0.39, 0.29) is 11.4 Å². The standard InChI is InChI=1S/C25H23N5O/c1-16-19(5-4-11-26-16)17-6-7-20-22(13-17)30-15-18(21-8-12-27-29(21)3)14-23(30)24(31)28(2)25(20)9-10-25/h4-8,11-15H,9-10H2,1-3H3. The van der Waals surface area contributed by atoms with E-state index in [9.17, 15) is 4.79 Å². The smallest absolute Gasteiger partial charge is 0.271 e. The minimum atomic E-state index is -0.208. The lowest BCUT2D eigenvalue weighted by Gasteiger charge is -2.27. The van der Waals surface area contributed by atoms with E-state index in [1.54, 1.807) is 6.20 Å². The van der Waals surface area contributed by atoms with Crippen LogP contribution in [0.4, 0.5) is 0 Å². The molecule has 1 fully saturated rings. The number of carbonyl (C=O) groups is 1. The second-order valence-electron chi connectivity index (χ2n) is 8.59. The van der Waals surface area contributed by atoms with Crippen LogP contribution >= 0.6 is 0 Å². The highest BCUT2D eigenvalue weighted by Crippen LogP contribution is 2.54. The molecule has 0 atom stereocenters. The van der Waals surface area contributed by atoms with E-state index >= 15 is 0 Å². The molecule has 3 aromatic heterocycles. The molecule has 4 aromatic rings. The van der Waals surface area contributed by atoms with Crippen molar-refractivity contribution in [3.05, 3.63) is 78.0 Å².